The molecule has 0 aromatic carbocycles. The van der Waals surface area contributed by atoms with Crippen LogP contribution in [0.1, 0.15) is 46.0 Å². The molecular formula is C18H30Si. The Balaban J connectivity index is 3.96. The lowest BCUT2D eigenvalue weighted by Gasteiger charge is -2.01. The van der Waals surface area contributed by atoms with E-state index in [-0.39, 0.29) is 0 Å². The largest absolute Gasteiger partial charge is 0.129 e. The van der Waals surface area contributed by atoms with Gasteiger partial charge in [0.15, 0.2) is 0 Å². The minimum absolute atomic E-state index is 1.20. The van der Waals surface area contributed by atoms with Crippen molar-refractivity contribution in [2.24, 2.45) is 0 Å². The van der Waals surface area contributed by atoms with Crippen LogP contribution < -0.4 is 0 Å². The molecule has 0 atom stereocenters. The van der Waals surface area contributed by atoms with E-state index < -0.39 is 8.07 Å². The summed E-state index contributed by atoms with van der Waals surface area (Å²) in [6, 6.07) is 0. The van der Waals surface area contributed by atoms with E-state index in [2.05, 4.69) is 63.2 Å². The fourth-order valence-corrected chi connectivity index (χ4v) is 2.04. The normalized spacial score (nSPS) is 13.0. The second-order valence-corrected chi connectivity index (χ2v) is 10.8. The summed E-state index contributed by atoms with van der Waals surface area (Å²) in [5, 5.41) is 0. The number of hydrogen-bond acceptors (Lipinski definition) is 0. The Kier molecular flexibility index (Phi) is 10.3. The maximum Gasteiger partial charge on any atom is 0.129 e. The first-order valence-electron chi connectivity index (χ1n) is 7.48. The molecule has 0 saturated heterocycles. The Bertz CT molecular complexity index is 367. The molecule has 0 amide bonds. The molecule has 0 N–H and O–H groups in total. The first kappa shape index (κ1) is 18.0. The maximum atomic E-state index is 3.32. The van der Waals surface area contributed by atoms with E-state index in [9.17, 15) is 0 Å². The third-order valence-corrected chi connectivity index (χ3v) is 3.49. The molecule has 0 heterocycles. The van der Waals surface area contributed by atoms with Crippen LogP contribution in [0, 0.1) is 11.5 Å². The van der Waals surface area contributed by atoms with Gasteiger partial charge in [-0.05, 0) is 25.8 Å². The molecule has 0 rings (SSSR count). The molecular weight excluding hydrogens is 244 g/mol. The van der Waals surface area contributed by atoms with Crippen LogP contribution in [0.2, 0.25) is 19.6 Å². The van der Waals surface area contributed by atoms with Gasteiger partial charge in [-0.3, -0.25) is 0 Å². The highest BCUT2D eigenvalue weighted by atomic mass is 28.3. The Hall–Kier alpha value is -1.00. The molecule has 0 aliphatic rings. The number of rotatable bonds is 7. The Labute approximate surface area is 121 Å². The minimum Gasteiger partial charge on any atom is -0.127 e. The molecule has 0 bridgehead atoms. The molecule has 0 saturated carbocycles. The lowest BCUT2D eigenvalue weighted by Crippen LogP contribution is -2.16. The summed E-state index contributed by atoms with van der Waals surface area (Å²) >= 11 is 0. The Morgan fingerprint density at radius 3 is 2.47 bits per heavy atom. The quantitative estimate of drug-likeness (QED) is 0.235. The van der Waals surface area contributed by atoms with E-state index in [1.165, 1.54) is 37.7 Å². The summed E-state index contributed by atoms with van der Waals surface area (Å²) in [4.78, 5) is 0. The van der Waals surface area contributed by atoms with E-state index in [0.717, 1.165) is 0 Å². The third kappa shape index (κ3) is 14.9. The average molecular weight is 275 g/mol. The lowest BCUT2D eigenvalue weighted by atomic mass is 10.1. The molecule has 0 unspecified atom stereocenters. The summed E-state index contributed by atoms with van der Waals surface area (Å²) in [7, 11) is -1.22. The van der Waals surface area contributed by atoms with Gasteiger partial charge in [-0.15, -0.1) is 5.54 Å². The number of allylic oxidation sites excluding steroid dienone is 6. The van der Waals surface area contributed by atoms with Gasteiger partial charge in [0.25, 0.3) is 0 Å². The van der Waals surface area contributed by atoms with Crippen LogP contribution in [0.25, 0.3) is 0 Å². The van der Waals surface area contributed by atoms with Crippen molar-refractivity contribution in [1.82, 2.24) is 0 Å². The first-order chi connectivity index (χ1) is 8.95. The summed E-state index contributed by atoms with van der Waals surface area (Å²) in [6.07, 6.45) is 17.2. The fourth-order valence-electron chi connectivity index (χ4n) is 1.52. The smallest absolute Gasteiger partial charge is 0.127 e. The van der Waals surface area contributed by atoms with Gasteiger partial charge in [-0.1, -0.05) is 81.6 Å². The van der Waals surface area contributed by atoms with Gasteiger partial charge in [-0.25, -0.2) is 0 Å². The van der Waals surface area contributed by atoms with E-state index in [4.69, 9.17) is 0 Å². The number of unbranched alkanes of at least 4 members (excludes halogenated alkanes) is 4. The van der Waals surface area contributed by atoms with Gasteiger partial charge in [0.1, 0.15) is 8.07 Å². The fraction of sp³-hybridized carbons (Fsp3) is 0.556. The molecule has 1 heteroatoms. The van der Waals surface area contributed by atoms with Crippen LogP contribution in [0.15, 0.2) is 36.0 Å². The molecule has 0 aromatic heterocycles. The van der Waals surface area contributed by atoms with E-state index in [1.807, 2.05) is 12.2 Å². The summed E-state index contributed by atoms with van der Waals surface area (Å²) in [5.41, 5.74) is 4.62. The van der Waals surface area contributed by atoms with Gasteiger partial charge < -0.3 is 0 Å². The molecule has 106 valence electrons. The van der Waals surface area contributed by atoms with Crippen LogP contribution in [0.4, 0.5) is 0 Å². The lowest BCUT2D eigenvalue weighted by molar-refractivity contribution is 0.674. The van der Waals surface area contributed by atoms with E-state index in [1.54, 1.807) is 0 Å². The molecule has 0 nitrogen and oxygen atoms in total. The summed E-state index contributed by atoms with van der Waals surface area (Å²) in [6.45, 7) is 11.2. The molecule has 0 fully saturated rings. The minimum atomic E-state index is -1.22. The zero-order valence-corrected chi connectivity index (χ0v) is 14.4. The van der Waals surface area contributed by atoms with Gasteiger partial charge in [0, 0.05) is 0 Å². The SMILES string of the molecule is CCCCCC/C=C/C(C)=C/C=C/C#C[Si](C)(C)C. The van der Waals surface area contributed by atoms with Gasteiger partial charge >= 0.3 is 0 Å². The van der Waals surface area contributed by atoms with Crippen LogP contribution in [-0.4, -0.2) is 8.07 Å². The van der Waals surface area contributed by atoms with Crippen molar-refractivity contribution in [2.75, 3.05) is 0 Å². The van der Waals surface area contributed by atoms with Crippen molar-refractivity contribution in [1.29, 1.82) is 0 Å². The van der Waals surface area contributed by atoms with Crippen molar-refractivity contribution in [3.05, 3.63) is 36.0 Å². The van der Waals surface area contributed by atoms with Gasteiger partial charge in [0.05, 0.1) is 0 Å². The zero-order chi connectivity index (χ0) is 14.6. The van der Waals surface area contributed by atoms with Crippen molar-refractivity contribution in [2.45, 2.75) is 65.6 Å². The standard InChI is InChI=1S/C18H30Si/c1-6-7-8-9-10-12-15-18(2)16-13-11-14-17-19(3,4)5/h11-13,15-16H,6-10H2,1-5H3/b13-11+,15-12+,18-16+. The van der Waals surface area contributed by atoms with Crippen LogP contribution in [0.5, 0.6) is 0 Å². The second-order valence-electron chi connectivity index (χ2n) is 6.04. The van der Waals surface area contributed by atoms with E-state index in [0.29, 0.717) is 0 Å². The van der Waals surface area contributed by atoms with Crippen molar-refractivity contribution in [3.8, 4) is 11.5 Å². The van der Waals surface area contributed by atoms with Crippen molar-refractivity contribution in [3.63, 3.8) is 0 Å². The predicted molar refractivity (Wildman–Crippen MR) is 91.9 cm³/mol. The van der Waals surface area contributed by atoms with Crippen LogP contribution in [-0.2, 0) is 0 Å². The second kappa shape index (κ2) is 10.9. The third-order valence-electron chi connectivity index (χ3n) is 2.59. The maximum absolute atomic E-state index is 3.32. The Morgan fingerprint density at radius 2 is 1.84 bits per heavy atom. The molecule has 0 aromatic rings. The van der Waals surface area contributed by atoms with Crippen molar-refractivity contribution >= 4 is 8.07 Å². The molecule has 0 spiro atoms. The highest BCUT2D eigenvalue weighted by molar-refractivity contribution is 6.83. The summed E-state index contributed by atoms with van der Waals surface area (Å²) < 4.78 is 0. The monoisotopic (exact) mass is 274 g/mol. The Morgan fingerprint density at radius 1 is 1.11 bits per heavy atom. The van der Waals surface area contributed by atoms with Crippen molar-refractivity contribution < 1.29 is 0 Å². The average Bonchev–Trinajstić information content (AvgIpc) is 2.31. The van der Waals surface area contributed by atoms with Gasteiger partial charge in [-0.2, -0.15) is 0 Å². The highest BCUT2D eigenvalue weighted by Gasteiger charge is 2.06. The highest BCUT2D eigenvalue weighted by Crippen LogP contribution is 2.04. The topological polar surface area (TPSA) is 0 Å². The molecule has 0 aliphatic carbocycles. The number of hydrogen-bond donors (Lipinski definition) is 0. The summed E-state index contributed by atoms with van der Waals surface area (Å²) in [5.74, 6) is 3.13. The van der Waals surface area contributed by atoms with Gasteiger partial charge in [0.2, 0.25) is 0 Å². The van der Waals surface area contributed by atoms with Crippen LogP contribution in [0.3, 0.4) is 0 Å². The molecule has 0 radical (unpaired) electrons. The zero-order valence-electron chi connectivity index (χ0n) is 13.4. The van der Waals surface area contributed by atoms with Crippen LogP contribution >= 0.6 is 0 Å². The predicted octanol–water partition coefficient (Wildman–Crippen LogP) is 5.90. The van der Waals surface area contributed by atoms with E-state index >= 15 is 0 Å². The molecule has 19 heavy (non-hydrogen) atoms. The molecule has 0 aliphatic heterocycles. The first-order valence-corrected chi connectivity index (χ1v) is 11.0.